The first kappa shape index (κ1) is 23.0. The van der Waals surface area contributed by atoms with Gasteiger partial charge in [-0.1, -0.05) is 11.6 Å². The molecule has 1 saturated carbocycles. The van der Waals surface area contributed by atoms with Gasteiger partial charge in [-0.2, -0.15) is 13.2 Å². The molecule has 0 atom stereocenters. The van der Waals surface area contributed by atoms with Crippen LogP contribution in [0.2, 0.25) is 5.02 Å². The first-order valence-corrected chi connectivity index (χ1v) is 11.3. The van der Waals surface area contributed by atoms with Crippen molar-refractivity contribution in [2.75, 3.05) is 18.0 Å². The topological polar surface area (TPSA) is 77.8 Å². The van der Waals surface area contributed by atoms with Crippen LogP contribution in [0.1, 0.15) is 54.1 Å². The highest BCUT2D eigenvalue weighted by Crippen LogP contribution is 2.43. The molecule has 0 bridgehead atoms. The Morgan fingerprint density at radius 2 is 1.91 bits per heavy atom. The van der Waals surface area contributed by atoms with Crippen molar-refractivity contribution in [3.8, 4) is 0 Å². The molecule has 34 heavy (non-hydrogen) atoms. The predicted octanol–water partition coefficient (Wildman–Crippen LogP) is 4.18. The third-order valence-electron chi connectivity index (χ3n) is 6.64. The average molecular weight is 497 g/mol. The average Bonchev–Trinajstić information content (AvgIpc) is 3.58. The fourth-order valence-electron chi connectivity index (χ4n) is 4.63. The highest BCUT2D eigenvalue weighted by molar-refractivity contribution is 6.30. The molecule has 3 aliphatic rings. The SMILES string of the molecule is O=C1NC(c2ccc(C(F)(F)F)nc2C2CC2)=NC12CCN(c1cc(Cl)cc(F)c1CO)CC2. The zero-order valence-electron chi connectivity index (χ0n) is 17.9. The maximum absolute atomic E-state index is 14.2. The molecule has 1 aromatic heterocycles. The van der Waals surface area contributed by atoms with Crippen molar-refractivity contribution in [2.24, 2.45) is 4.99 Å². The quantitative estimate of drug-likeness (QED) is 0.623. The number of alkyl halides is 3. The fourth-order valence-corrected chi connectivity index (χ4v) is 4.83. The number of pyridine rings is 1. The molecule has 2 fully saturated rings. The number of hydrogen-bond acceptors (Lipinski definition) is 5. The smallest absolute Gasteiger partial charge is 0.391 e. The summed E-state index contributed by atoms with van der Waals surface area (Å²) < 4.78 is 53.8. The number of piperidine rings is 1. The van der Waals surface area contributed by atoms with Crippen LogP contribution in [0.5, 0.6) is 0 Å². The number of aliphatic hydroxyl groups is 1. The van der Waals surface area contributed by atoms with Gasteiger partial charge in [0.15, 0.2) is 0 Å². The van der Waals surface area contributed by atoms with Crippen molar-refractivity contribution < 1.29 is 27.5 Å². The minimum atomic E-state index is -4.55. The van der Waals surface area contributed by atoms with E-state index in [-0.39, 0.29) is 28.2 Å². The molecular formula is C23H21ClF4N4O2. The van der Waals surface area contributed by atoms with E-state index >= 15 is 0 Å². The van der Waals surface area contributed by atoms with Gasteiger partial charge >= 0.3 is 6.18 Å². The van der Waals surface area contributed by atoms with E-state index in [1.807, 2.05) is 4.90 Å². The maximum Gasteiger partial charge on any atom is 0.433 e. The summed E-state index contributed by atoms with van der Waals surface area (Å²) >= 11 is 6.00. The van der Waals surface area contributed by atoms with Crippen molar-refractivity contribution in [3.63, 3.8) is 0 Å². The van der Waals surface area contributed by atoms with Gasteiger partial charge in [0.05, 0.1) is 12.3 Å². The van der Waals surface area contributed by atoms with Crippen LogP contribution in [0.15, 0.2) is 29.3 Å². The van der Waals surface area contributed by atoms with E-state index in [1.165, 1.54) is 6.07 Å². The van der Waals surface area contributed by atoms with E-state index in [1.54, 1.807) is 6.07 Å². The number of nitrogens with zero attached hydrogens (tertiary/aromatic N) is 3. The molecule has 0 unspecified atom stereocenters. The van der Waals surface area contributed by atoms with Crippen molar-refractivity contribution in [1.82, 2.24) is 10.3 Å². The van der Waals surface area contributed by atoms with Gasteiger partial charge in [-0.25, -0.2) is 9.37 Å². The number of amidine groups is 1. The number of rotatable bonds is 4. The van der Waals surface area contributed by atoms with Crippen LogP contribution in [0.4, 0.5) is 23.2 Å². The second-order valence-corrected chi connectivity index (χ2v) is 9.31. The van der Waals surface area contributed by atoms with Gasteiger partial charge in [0, 0.05) is 40.8 Å². The monoisotopic (exact) mass is 496 g/mol. The molecule has 1 aliphatic carbocycles. The van der Waals surface area contributed by atoms with Crippen LogP contribution < -0.4 is 10.2 Å². The number of carbonyl (C=O) groups is 1. The number of benzene rings is 1. The van der Waals surface area contributed by atoms with Gasteiger partial charge in [0.2, 0.25) is 0 Å². The lowest BCUT2D eigenvalue weighted by Gasteiger charge is -2.37. The summed E-state index contributed by atoms with van der Waals surface area (Å²) in [7, 11) is 0. The Morgan fingerprint density at radius 3 is 2.53 bits per heavy atom. The molecule has 1 amide bonds. The van der Waals surface area contributed by atoms with E-state index in [9.17, 15) is 27.5 Å². The molecule has 5 rings (SSSR count). The summed E-state index contributed by atoms with van der Waals surface area (Å²) in [5, 5.41) is 12.6. The molecule has 180 valence electrons. The molecule has 2 aromatic rings. The number of anilines is 1. The highest BCUT2D eigenvalue weighted by atomic mass is 35.5. The molecule has 3 heterocycles. The first-order valence-electron chi connectivity index (χ1n) is 10.9. The summed E-state index contributed by atoms with van der Waals surface area (Å²) in [6.45, 7) is 0.225. The molecule has 2 N–H and O–H groups in total. The first-order chi connectivity index (χ1) is 16.1. The summed E-state index contributed by atoms with van der Waals surface area (Å²) in [5.41, 5.74) is -0.697. The second kappa shape index (κ2) is 8.20. The minimum Gasteiger partial charge on any atom is -0.391 e. The lowest BCUT2D eigenvalue weighted by Crippen LogP contribution is -2.49. The number of aromatic nitrogens is 1. The van der Waals surface area contributed by atoms with Crippen LogP contribution in [0.25, 0.3) is 0 Å². The maximum atomic E-state index is 14.2. The third-order valence-corrected chi connectivity index (χ3v) is 6.86. The van der Waals surface area contributed by atoms with E-state index in [0.29, 0.717) is 42.9 Å². The van der Waals surface area contributed by atoms with Gasteiger partial charge in [0.1, 0.15) is 22.9 Å². The van der Waals surface area contributed by atoms with Crippen molar-refractivity contribution in [1.29, 1.82) is 0 Å². The number of aliphatic imine (C=N–C) groups is 1. The Bertz CT molecular complexity index is 1190. The molecule has 0 radical (unpaired) electrons. The molecule has 1 spiro atoms. The highest BCUT2D eigenvalue weighted by Gasteiger charge is 2.47. The van der Waals surface area contributed by atoms with Gasteiger partial charge < -0.3 is 15.3 Å². The van der Waals surface area contributed by atoms with Crippen LogP contribution in [0, 0.1) is 5.82 Å². The Morgan fingerprint density at radius 1 is 1.21 bits per heavy atom. The van der Waals surface area contributed by atoms with Crippen molar-refractivity contribution in [3.05, 3.63) is 57.6 Å². The zero-order chi connectivity index (χ0) is 24.3. The standard InChI is InChI=1S/C23H21ClF4N4O2/c24-13-9-16(25)15(11-33)17(10-13)32-7-5-22(6-8-32)21(34)30-20(31-22)14-3-4-18(23(26,27)28)29-19(14)12-1-2-12/h3-4,9-10,12,33H,1-2,5-8,11H2,(H,30,31,34). The van der Waals surface area contributed by atoms with E-state index in [0.717, 1.165) is 25.0 Å². The Kier molecular flexibility index (Phi) is 5.55. The Hall–Kier alpha value is -2.72. The van der Waals surface area contributed by atoms with Crippen molar-refractivity contribution >= 4 is 29.0 Å². The minimum absolute atomic E-state index is 0.0788. The normalized spacial score (nSPS) is 20.0. The summed E-state index contributed by atoms with van der Waals surface area (Å²) in [4.78, 5) is 23.3. The molecule has 2 aliphatic heterocycles. The number of hydrogen-bond donors (Lipinski definition) is 2. The van der Waals surface area contributed by atoms with E-state index in [2.05, 4.69) is 15.3 Å². The van der Waals surface area contributed by atoms with Gasteiger partial charge in [-0.15, -0.1) is 0 Å². The molecule has 1 aromatic carbocycles. The van der Waals surface area contributed by atoms with Gasteiger partial charge in [-0.3, -0.25) is 9.79 Å². The molecule has 6 nitrogen and oxygen atoms in total. The Balaban J connectivity index is 1.42. The van der Waals surface area contributed by atoms with Crippen LogP contribution in [0.3, 0.4) is 0 Å². The summed E-state index contributed by atoms with van der Waals surface area (Å²) in [6.07, 6.45) is -2.44. The van der Waals surface area contributed by atoms with Crippen LogP contribution in [-0.4, -0.2) is 40.5 Å². The molecule has 11 heteroatoms. The zero-order valence-corrected chi connectivity index (χ0v) is 18.7. The van der Waals surface area contributed by atoms with Crippen molar-refractivity contribution in [2.45, 2.75) is 49.9 Å². The number of amides is 1. The van der Waals surface area contributed by atoms with E-state index < -0.39 is 29.8 Å². The van der Waals surface area contributed by atoms with Crippen LogP contribution in [-0.2, 0) is 17.6 Å². The van der Waals surface area contributed by atoms with Crippen LogP contribution >= 0.6 is 11.6 Å². The molecular weight excluding hydrogens is 476 g/mol. The fraction of sp³-hybridized carbons (Fsp3) is 0.435. The predicted molar refractivity (Wildman–Crippen MR) is 117 cm³/mol. The van der Waals surface area contributed by atoms with Gasteiger partial charge in [-0.05, 0) is 49.9 Å². The Labute approximate surface area is 197 Å². The van der Waals surface area contributed by atoms with Gasteiger partial charge in [0.25, 0.3) is 5.91 Å². The number of aliphatic hydroxyl groups excluding tert-OH is 1. The number of nitrogens with one attached hydrogen (secondary N) is 1. The number of carbonyl (C=O) groups excluding carboxylic acids is 1. The largest absolute Gasteiger partial charge is 0.433 e. The van der Waals surface area contributed by atoms with E-state index in [4.69, 9.17) is 11.6 Å². The lowest BCUT2D eigenvalue weighted by atomic mass is 9.87. The molecule has 1 saturated heterocycles. The summed E-state index contributed by atoms with van der Waals surface area (Å²) in [6, 6.07) is 4.96. The number of halogens is 5. The summed E-state index contributed by atoms with van der Waals surface area (Å²) in [5.74, 6) is -0.758. The third kappa shape index (κ3) is 4.02. The lowest BCUT2D eigenvalue weighted by molar-refractivity contribution is -0.141. The second-order valence-electron chi connectivity index (χ2n) is 8.88.